The minimum absolute atomic E-state index is 0.518. The van der Waals surface area contributed by atoms with Crippen molar-refractivity contribution in [1.82, 2.24) is 0 Å². The third kappa shape index (κ3) is 5.53. The summed E-state index contributed by atoms with van der Waals surface area (Å²) in [6, 6.07) is 87.3. The van der Waals surface area contributed by atoms with E-state index in [1.165, 1.54) is 86.6 Å². The molecule has 1 aliphatic carbocycles. The second kappa shape index (κ2) is 14.3. The molecule has 1 aromatic heterocycles. The summed E-state index contributed by atoms with van der Waals surface area (Å²) in [6.07, 6.45) is 0. The number of rotatable bonds is 7. The van der Waals surface area contributed by atoms with Crippen molar-refractivity contribution in [2.45, 2.75) is 5.41 Å². The van der Waals surface area contributed by atoms with Crippen molar-refractivity contribution in [3.63, 3.8) is 0 Å². The molecule has 1 aliphatic rings. The molecule has 2 heteroatoms. The molecule has 0 atom stereocenters. The van der Waals surface area contributed by atoms with Gasteiger partial charge in [0.05, 0.1) is 11.1 Å². The smallest absolute Gasteiger partial charge is 0.0714 e. The topological polar surface area (TPSA) is 3.24 Å². The largest absolute Gasteiger partial charge is 0.310 e. The lowest BCUT2D eigenvalue weighted by atomic mass is 9.67. The van der Waals surface area contributed by atoms with Crippen LogP contribution >= 0.6 is 11.3 Å². The van der Waals surface area contributed by atoms with Gasteiger partial charge in [0.25, 0.3) is 0 Å². The lowest BCUT2D eigenvalue weighted by Gasteiger charge is -2.35. The van der Waals surface area contributed by atoms with E-state index >= 15 is 0 Å². The lowest BCUT2D eigenvalue weighted by Crippen LogP contribution is -2.28. The average molecular weight is 794 g/mol. The SMILES string of the molecule is c1ccc(-c2ccc(N(c3ccc(-c4cccc5ccccc45)cc3)c3ccc4c(c3)C(c3ccccc3)(c3ccccc3)c3ccccc3-4)c3c2sc2ccccc23)cc1. The predicted molar refractivity (Wildman–Crippen MR) is 260 cm³/mol. The van der Waals surface area contributed by atoms with Gasteiger partial charge in [-0.3, -0.25) is 0 Å². The Morgan fingerprint density at radius 2 is 0.918 bits per heavy atom. The third-order valence-electron chi connectivity index (χ3n) is 12.8. The van der Waals surface area contributed by atoms with Crippen LogP contribution in [-0.2, 0) is 5.41 Å². The van der Waals surface area contributed by atoms with E-state index in [9.17, 15) is 0 Å². The van der Waals surface area contributed by atoms with Crippen LogP contribution in [0, 0.1) is 0 Å². The first-order valence-electron chi connectivity index (χ1n) is 21.0. The zero-order chi connectivity index (χ0) is 40.3. The summed E-state index contributed by atoms with van der Waals surface area (Å²) in [5, 5.41) is 5.04. The maximum Gasteiger partial charge on any atom is 0.0714 e. The summed E-state index contributed by atoms with van der Waals surface area (Å²) < 4.78 is 2.57. The summed E-state index contributed by atoms with van der Waals surface area (Å²) >= 11 is 1.89. The molecular weight excluding hydrogens is 755 g/mol. The number of thiophene rings is 1. The maximum atomic E-state index is 2.51. The quantitative estimate of drug-likeness (QED) is 0.155. The fourth-order valence-electron chi connectivity index (χ4n) is 10.1. The minimum atomic E-state index is -0.518. The Morgan fingerprint density at radius 1 is 0.361 bits per heavy atom. The molecule has 1 nitrogen and oxygen atoms in total. The molecule has 0 bridgehead atoms. The number of anilines is 3. The van der Waals surface area contributed by atoms with Gasteiger partial charge in [-0.1, -0.05) is 200 Å². The molecule has 0 unspecified atom stereocenters. The van der Waals surface area contributed by atoms with Crippen LogP contribution in [-0.4, -0.2) is 0 Å². The van der Waals surface area contributed by atoms with Crippen molar-refractivity contribution >= 4 is 59.3 Å². The molecule has 1 heterocycles. The lowest BCUT2D eigenvalue weighted by molar-refractivity contribution is 0.768. The Kier molecular flexibility index (Phi) is 8.33. The molecule has 0 aliphatic heterocycles. The Labute approximate surface area is 360 Å². The number of fused-ring (bicyclic) bond motifs is 7. The van der Waals surface area contributed by atoms with Crippen molar-refractivity contribution in [1.29, 1.82) is 0 Å². The molecular formula is C59H39NS. The van der Waals surface area contributed by atoms with Gasteiger partial charge in [-0.25, -0.2) is 0 Å². The van der Waals surface area contributed by atoms with Crippen molar-refractivity contribution in [2.75, 3.05) is 4.90 Å². The standard InChI is InChI=1S/C59H39NS/c1-4-17-41(18-5-1)49-37-38-55(57-52-27-13-15-30-56(52)61-58(49)57)60(45-33-31-42(32-34-45)48-28-16-20-40-19-10-11-25-47(40)48)46-35-36-51-50-26-12-14-29-53(50)59(54(51)39-46,43-21-6-2-7-22-43)44-23-8-3-9-24-44/h1-39H. The summed E-state index contributed by atoms with van der Waals surface area (Å²) in [7, 11) is 0. The van der Waals surface area contributed by atoms with Crippen LogP contribution in [0.5, 0.6) is 0 Å². The van der Waals surface area contributed by atoms with Crippen molar-refractivity contribution in [3.05, 3.63) is 259 Å². The first kappa shape index (κ1) is 35.4. The van der Waals surface area contributed by atoms with E-state index in [1.807, 2.05) is 11.3 Å². The molecule has 0 radical (unpaired) electrons. The van der Waals surface area contributed by atoms with Crippen LogP contribution in [0.25, 0.3) is 64.3 Å². The number of nitrogens with zero attached hydrogens (tertiary/aromatic N) is 1. The number of benzene rings is 10. The van der Waals surface area contributed by atoms with Crippen molar-refractivity contribution in [3.8, 4) is 33.4 Å². The van der Waals surface area contributed by atoms with Gasteiger partial charge in [0.15, 0.2) is 0 Å². The first-order valence-corrected chi connectivity index (χ1v) is 21.8. The van der Waals surface area contributed by atoms with Gasteiger partial charge >= 0.3 is 0 Å². The molecule has 0 fully saturated rings. The van der Waals surface area contributed by atoms with E-state index in [0.717, 1.165) is 17.1 Å². The van der Waals surface area contributed by atoms with Crippen molar-refractivity contribution in [2.24, 2.45) is 0 Å². The molecule has 0 saturated carbocycles. The summed E-state index contributed by atoms with van der Waals surface area (Å²) in [4.78, 5) is 2.51. The highest BCUT2D eigenvalue weighted by Gasteiger charge is 2.46. The normalized spacial score (nSPS) is 12.7. The summed E-state index contributed by atoms with van der Waals surface area (Å²) in [5.74, 6) is 0. The molecule has 61 heavy (non-hydrogen) atoms. The molecule has 0 spiro atoms. The van der Waals surface area contributed by atoms with Gasteiger partial charge in [-0.2, -0.15) is 0 Å². The predicted octanol–water partition coefficient (Wildman–Crippen LogP) is 16.4. The van der Waals surface area contributed by atoms with Gasteiger partial charge in [0.1, 0.15) is 0 Å². The van der Waals surface area contributed by atoms with Crippen LogP contribution in [0.3, 0.4) is 0 Å². The zero-order valence-electron chi connectivity index (χ0n) is 33.4. The summed E-state index contributed by atoms with van der Waals surface area (Å²) in [6.45, 7) is 0. The van der Waals surface area contributed by atoms with Crippen molar-refractivity contribution < 1.29 is 0 Å². The number of hydrogen-bond donors (Lipinski definition) is 0. The highest BCUT2D eigenvalue weighted by Crippen LogP contribution is 2.58. The zero-order valence-corrected chi connectivity index (χ0v) is 34.2. The molecule has 0 N–H and O–H groups in total. The first-order chi connectivity index (χ1) is 30.3. The van der Waals surface area contributed by atoms with Gasteiger partial charge < -0.3 is 4.90 Å². The minimum Gasteiger partial charge on any atom is -0.310 e. The maximum absolute atomic E-state index is 2.51. The van der Waals surface area contributed by atoms with Gasteiger partial charge in [-0.15, -0.1) is 11.3 Å². The average Bonchev–Trinajstić information content (AvgIpc) is 3.87. The van der Waals surface area contributed by atoms with Gasteiger partial charge in [0.2, 0.25) is 0 Å². The van der Waals surface area contributed by atoms with E-state index in [4.69, 9.17) is 0 Å². The van der Waals surface area contributed by atoms with Crippen LogP contribution in [0.1, 0.15) is 22.3 Å². The fraction of sp³-hybridized carbons (Fsp3) is 0.0169. The Bertz CT molecular complexity index is 3360. The number of hydrogen-bond acceptors (Lipinski definition) is 2. The van der Waals surface area contributed by atoms with E-state index in [0.29, 0.717) is 0 Å². The van der Waals surface area contributed by atoms with E-state index in [1.54, 1.807) is 0 Å². The monoisotopic (exact) mass is 793 g/mol. The van der Waals surface area contributed by atoms with Crippen LogP contribution < -0.4 is 4.90 Å². The third-order valence-corrected chi connectivity index (χ3v) is 14.0. The summed E-state index contributed by atoms with van der Waals surface area (Å²) in [5.41, 5.74) is 15.4. The molecule has 10 aromatic carbocycles. The fourth-order valence-corrected chi connectivity index (χ4v) is 11.4. The highest BCUT2D eigenvalue weighted by atomic mass is 32.1. The van der Waals surface area contributed by atoms with E-state index in [2.05, 4.69) is 241 Å². The molecule has 11 aromatic rings. The Morgan fingerprint density at radius 3 is 1.69 bits per heavy atom. The van der Waals surface area contributed by atoms with Gasteiger partial charge in [0, 0.05) is 31.5 Å². The van der Waals surface area contributed by atoms with Crippen LogP contribution in [0.2, 0.25) is 0 Å². The molecule has 0 amide bonds. The molecule has 12 rings (SSSR count). The second-order valence-electron chi connectivity index (χ2n) is 16.0. The molecule has 286 valence electrons. The van der Waals surface area contributed by atoms with Crippen LogP contribution in [0.4, 0.5) is 17.1 Å². The Balaban J connectivity index is 1.14. The van der Waals surface area contributed by atoms with E-state index < -0.39 is 5.41 Å². The molecule has 0 saturated heterocycles. The highest BCUT2D eigenvalue weighted by molar-refractivity contribution is 7.26. The van der Waals surface area contributed by atoms with Crippen LogP contribution in [0.15, 0.2) is 237 Å². The van der Waals surface area contributed by atoms with Gasteiger partial charge in [-0.05, 0) is 103 Å². The Hall–Kier alpha value is -7.52. The van der Waals surface area contributed by atoms with E-state index in [-0.39, 0.29) is 0 Å². The second-order valence-corrected chi connectivity index (χ2v) is 17.0.